The minimum Gasteiger partial charge on any atom is -0.331 e. The molecule has 0 bridgehead atoms. The van der Waals surface area contributed by atoms with Gasteiger partial charge in [-0.25, -0.2) is 9.37 Å². The molecule has 0 atom stereocenters. The number of aryl methyl sites for hydroxylation is 1. The second-order valence-corrected chi connectivity index (χ2v) is 6.06. The lowest BCUT2D eigenvalue weighted by molar-refractivity contribution is 0.334. The largest absolute Gasteiger partial charge is 0.331 e. The molecule has 2 heterocycles. The SMILES string of the molecule is Cc1ccc(Cl)c(-c2nccn2CC2CCNCC2)c1F.Cl.Cl. The molecule has 3 rings (SSSR count). The first kappa shape index (κ1) is 20.2. The highest BCUT2D eigenvalue weighted by Gasteiger charge is 2.20. The van der Waals surface area contributed by atoms with Crippen LogP contribution in [0.4, 0.5) is 4.39 Å². The van der Waals surface area contributed by atoms with Gasteiger partial charge in [0.2, 0.25) is 0 Å². The van der Waals surface area contributed by atoms with Crippen molar-refractivity contribution in [3.05, 3.63) is 40.9 Å². The first-order valence-electron chi connectivity index (χ1n) is 7.33. The zero-order valence-electron chi connectivity index (χ0n) is 12.9. The van der Waals surface area contributed by atoms with Crippen LogP contribution in [0.1, 0.15) is 18.4 Å². The normalized spacial score (nSPS) is 14.9. The number of aromatic nitrogens is 2. The maximum absolute atomic E-state index is 14.4. The van der Waals surface area contributed by atoms with E-state index in [0.29, 0.717) is 27.9 Å². The van der Waals surface area contributed by atoms with E-state index in [1.54, 1.807) is 25.3 Å². The summed E-state index contributed by atoms with van der Waals surface area (Å²) < 4.78 is 16.5. The summed E-state index contributed by atoms with van der Waals surface area (Å²) in [6, 6.07) is 3.43. The number of benzene rings is 1. The highest BCUT2D eigenvalue weighted by molar-refractivity contribution is 6.33. The fourth-order valence-electron chi connectivity index (χ4n) is 2.89. The second-order valence-electron chi connectivity index (χ2n) is 5.65. The average molecular weight is 381 g/mol. The van der Waals surface area contributed by atoms with Crippen LogP contribution >= 0.6 is 36.4 Å². The Kier molecular flexibility index (Phi) is 7.81. The van der Waals surface area contributed by atoms with E-state index in [0.717, 1.165) is 32.5 Å². The zero-order chi connectivity index (χ0) is 14.8. The van der Waals surface area contributed by atoms with Gasteiger partial charge in [-0.1, -0.05) is 17.7 Å². The predicted octanol–water partition coefficient (Wildman–Crippen LogP) is 4.49. The molecule has 1 aromatic carbocycles. The molecule has 1 N–H and O–H groups in total. The minimum atomic E-state index is -0.278. The fraction of sp³-hybridized carbons (Fsp3) is 0.438. The Morgan fingerprint density at radius 2 is 2.00 bits per heavy atom. The predicted molar refractivity (Wildman–Crippen MR) is 97.5 cm³/mol. The van der Waals surface area contributed by atoms with E-state index in [1.807, 2.05) is 10.8 Å². The van der Waals surface area contributed by atoms with E-state index in [-0.39, 0.29) is 30.6 Å². The van der Waals surface area contributed by atoms with E-state index in [2.05, 4.69) is 10.3 Å². The number of piperidine rings is 1. The first-order chi connectivity index (χ1) is 10.2. The number of imidazole rings is 1. The number of hydrogen-bond donors (Lipinski definition) is 1. The van der Waals surface area contributed by atoms with Crippen LogP contribution in [-0.2, 0) is 6.54 Å². The zero-order valence-corrected chi connectivity index (χ0v) is 15.3. The highest BCUT2D eigenvalue weighted by Crippen LogP contribution is 2.32. The van der Waals surface area contributed by atoms with Gasteiger partial charge in [0.25, 0.3) is 0 Å². The van der Waals surface area contributed by atoms with Crippen molar-refractivity contribution in [1.82, 2.24) is 14.9 Å². The Labute approximate surface area is 153 Å². The molecule has 1 saturated heterocycles. The number of nitrogens with one attached hydrogen (secondary N) is 1. The van der Waals surface area contributed by atoms with Gasteiger partial charge >= 0.3 is 0 Å². The monoisotopic (exact) mass is 379 g/mol. The summed E-state index contributed by atoms with van der Waals surface area (Å²) in [6.45, 7) is 4.71. The van der Waals surface area contributed by atoms with Gasteiger partial charge in [-0.2, -0.15) is 0 Å². The average Bonchev–Trinajstić information content (AvgIpc) is 2.93. The van der Waals surface area contributed by atoms with E-state index >= 15 is 0 Å². The summed E-state index contributed by atoms with van der Waals surface area (Å²) in [5, 5.41) is 3.77. The van der Waals surface area contributed by atoms with E-state index in [9.17, 15) is 4.39 Å². The van der Waals surface area contributed by atoms with Crippen LogP contribution < -0.4 is 5.32 Å². The molecule has 0 spiro atoms. The first-order valence-corrected chi connectivity index (χ1v) is 7.71. The fourth-order valence-corrected chi connectivity index (χ4v) is 3.12. The molecule has 0 radical (unpaired) electrons. The maximum Gasteiger partial charge on any atom is 0.144 e. The lowest BCUT2D eigenvalue weighted by atomic mass is 9.98. The van der Waals surface area contributed by atoms with Gasteiger partial charge in [-0.3, -0.25) is 0 Å². The minimum absolute atomic E-state index is 0. The van der Waals surface area contributed by atoms with E-state index in [1.165, 1.54) is 0 Å². The maximum atomic E-state index is 14.4. The third-order valence-corrected chi connectivity index (χ3v) is 4.45. The Hall–Kier alpha value is -0.810. The summed E-state index contributed by atoms with van der Waals surface area (Å²) in [5.74, 6) is 0.950. The molecular formula is C16H21Cl3FN3. The van der Waals surface area contributed by atoms with Crippen LogP contribution in [0.3, 0.4) is 0 Å². The Morgan fingerprint density at radius 1 is 1.30 bits per heavy atom. The van der Waals surface area contributed by atoms with Crippen molar-refractivity contribution in [1.29, 1.82) is 0 Å². The van der Waals surface area contributed by atoms with Gasteiger partial charge in [-0.05, 0) is 50.4 Å². The number of hydrogen-bond acceptors (Lipinski definition) is 2. The summed E-state index contributed by atoms with van der Waals surface area (Å²) in [4.78, 5) is 4.34. The lowest BCUT2D eigenvalue weighted by Gasteiger charge is -2.23. The topological polar surface area (TPSA) is 29.9 Å². The summed E-state index contributed by atoms with van der Waals surface area (Å²) in [7, 11) is 0. The Morgan fingerprint density at radius 3 is 2.70 bits per heavy atom. The van der Waals surface area contributed by atoms with Gasteiger partial charge in [0.15, 0.2) is 0 Å². The number of rotatable bonds is 3. The van der Waals surface area contributed by atoms with E-state index < -0.39 is 0 Å². The van der Waals surface area contributed by atoms with Gasteiger partial charge in [0.1, 0.15) is 11.6 Å². The van der Waals surface area contributed by atoms with E-state index in [4.69, 9.17) is 11.6 Å². The molecule has 3 nitrogen and oxygen atoms in total. The molecule has 23 heavy (non-hydrogen) atoms. The van der Waals surface area contributed by atoms with Gasteiger partial charge < -0.3 is 9.88 Å². The van der Waals surface area contributed by atoms with Crippen LogP contribution in [0, 0.1) is 18.7 Å². The Bertz CT molecular complexity index is 639. The molecule has 0 aliphatic carbocycles. The van der Waals surface area contributed by atoms with Gasteiger partial charge in [-0.15, -0.1) is 24.8 Å². The van der Waals surface area contributed by atoms with Crippen molar-refractivity contribution in [3.8, 4) is 11.4 Å². The van der Waals surface area contributed by atoms with Crippen LogP contribution in [0.5, 0.6) is 0 Å². The van der Waals surface area contributed by atoms with Crippen molar-refractivity contribution in [2.75, 3.05) is 13.1 Å². The van der Waals surface area contributed by atoms with Crippen LogP contribution in [-0.4, -0.2) is 22.6 Å². The van der Waals surface area contributed by atoms with Crippen molar-refractivity contribution < 1.29 is 4.39 Å². The third-order valence-electron chi connectivity index (χ3n) is 4.14. The Balaban J connectivity index is 0.00000132. The molecule has 1 aliphatic heterocycles. The summed E-state index contributed by atoms with van der Waals surface area (Å²) in [6.07, 6.45) is 5.91. The molecule has 2 aromatic rings. The highest BCUT2D eigenvalue weighted by atomic mass is 35.5. The molecule has 128 valence electrons. The van der Waals surface area contributed by atoms with Crippen LogP contribution in [0.25, 0.3) is 11.4 Å². The standard InChI is InChI=1S/C16H19ClFN3.2ClH/c1-11-2-3-13(17)14(15(11)18)16-20-8-9-21(16)10-12-4-6-19-7-5-12;;/h2-3,8-9,12,19H,4-7,10H2,1H3;2*1H. The number of halogens is 4. The second kappa shape index (κ2) is 8.88. The lowest BCUT2D eigenvalue weighted by Crippen LogP contribution is -2.29. The third kappa shape index (κ3) is 4.38. The number of nitrogens with zero attached hydrogens (tertiary/aromatic N) is 2. The van der Waals surface area contributed by atoms with Crippen LogP contribution in [0.2, 0.25) is 5.02 Å². The van der Waals surface area contributed by atoms with Crippen LogP contribution in [0.15, 0.2) is 24.5 Å². The molecule has 1 aliphatic rings. The van der Waals surface area contributed by atoms with Crippen molar-refractivity contribution in [2.24, 2.45) is 5.92 Å². The summed E-state index contributed by atoms with van der Waals surface area (Å²) >= 11 is 6.20. The molecule has 0 saturated carbocycles. The van der Waals surface area contributed by atoms with Crippen molar-refractivity contribution in [3.63, 3.8) is 0 Å². The molecule has 1 aromatic heterocycles. The molecular weight excluding hydrogens is 360 g/mol. The van der Waals surface area contributed by atoms with Crippen molar-refractivity contribution in [2.45, 2.75) is 26.3 Å². The quantitative estimate of drug-likeness (QED) is 0.850. The molecule has 0 unspecified atom stereocenters. The molecule has 7 heteroatoms. The molecule has 0 amide bonds. The molecule has 1 fully saturated rings. The summed E-state index contributed by atoms with van der Waals surface area (Å²) in [5.41, 5.74) is 1.00. The smallest absolute Gasteiger partial charge is 0.144 e. The van der Waals surface area contributed by atoms with Crippen molar-refractivity contribution >= 4 is 36.4 Å². The van der Waals surface area contributed by atoms with Gasteiger partial charge in [0, 0.05) is 18.9 Å². The van der Waals surface area contributed by atoms with Gasteiger partial charge in [0.05, 0.1) is 10.6 Å².